The summed E-state index contributed by atoms with van der Waals surface area (Å²) in [7, 11) is 1.07. The van der Waals surface area contributed by atoms with Gasteiger partial charge in [-0.15, -0.1) is 0 Å². The van der Waals surface area contributed by atoms with Crippen LogP contribution >= 0.6 is 22.9 Å². The Hall–Kier alpha value is -1.53. The maximum atomic E-state index is 13.4. The summed E-state index contributed by atoms with van der Waals surface area (Å²) >= 11 is 5.46. The third-order valence-corrected chi connectivity index (χ3v) is 4.87. The first-order chi connectivity index (χ1) is 13.2. The smallest absolute Gasteiger partial charge is 0.377 e. The summed E-state index contributed by atoms with van der Waals surface area (Å²) in [6.45, 7) is -3.11. The van der Waals surface area contributed by atoms with E-state index in [-0.39, 0.29) is 22.9 Å². The summed E-state index contributed by atoms with van der Waals surface area (Å²) in [4.78, 5) is 16.4. The monoisotopic (exact) mass is 434 g/mol. The van der Waals surface area contributed by atoms with Gasteiger partial charge in [0.25, 0.3) is 0 Å². The third kappa shape index (κ3) is 4.49. The molecule has 6 nitrogen and oxygen atoms in total. The molecule has 2 aromatic rings. The van der Waals surface area contributed by atoms with Crippen LogP contribution in [0.3, 0.4) is 0 Å². The van der Waals surface area contributed by atoms with Crippen LogP contribution in [0.4, 0.5) is 22.0 Å². The molecular weight excluding hydrogens is 419 g/mol. The molecule has 3 rings (SSSR count). The van der Waals surface area contributed by atoms with Gasteiger partial charge < -0.3 is 9.64 Å². The van der Waals surface area contributed by atoms with Crippen LogP contribution in [0.5, 0.6) is 0 Å². The highest BCUT2D eigenvalue weighted by atomic mass is 35.5. The lowest BCUT2D eigenvalue weighted by molar-refractivity contribution is -0.142. The number of aromatic nitrogens is 3. The van der Waals surface area contributed by atoms with Crippen LogP contribution in [0.1, 0.15) is 32.0 Å². The number of nitrogens with zero attached hydrogens (tertiary/aromatic N) is 4. The molecule has 27 heavy (non-hydrogen) atoms. The van der Waals surface area contributed by atoms with Crippen molar-refractivity contribution in [2.75, 3.05) is 13.7 Å². The molecule has 1 fully saturated rings. The zero-order chi connectivity index (χ0) is 21.8. The molecule has 0 aromatic carbocycles. The van der Waals surface area contributed by atoms with Crippen LogP contribution < -0.4 is 0 Å². The van der Waals surface area contributed by atoms with Crippen molar-refractivity contribution in [1.82, 2.24) is 19.5 Å². The van der Waals surface area contributed by atoms with E-state index in [1.807, 2.05) is 0 Å². The van der Waals surface area contributed by atoms with Crippen LogP contribution in [0.2, 0.25) is 0 Å². The topological polar surface area (TPSA) is 59.7 Å². The highest BCUT2D eigenvalue weighted by Gasteiger charge is 2.42. The number of methoxy groups -OCH3 is 1. The molecule has 150 valence electrons. The number of hydrogen-bond acceptors (Lipinski definition) is 5. The minimum absolute atomic E-state index is 0.193. The summed E-state index contributed by atoms with van der Waals surface area (Å²) < 4.78 is 87.1. The largest absolute Gasteiger partial charge is 0.435 e. The Labute approximate surface area is 161 Å². The molecule has 0 unspecified atom stereocenters. The summed E-state index contributed by atoms with van der Waals surface area (Å²) in [6, 6.07) is 0. The second-order valence-corrected chi connectivity index (χ2v) is 7.49. The number of hydrogen-bond donors (Lipinski definition) is 0. The van der Waals surface area contributed by atoms with Crippen molar-refractivity contribution >= 4 is 33.8 Å². The maximum Gasteiger partial charge on any atom is 0.435 e. The molecule has 1 aliphatic heterocycles. The fourth-order valence-corrected chi connectivity index (χ4v) is 3.95. The maximum absolute atomic E-state index is 13.4. The summed E-state index contributed by atoms with van der Waals surface area (Å²) in [5.74, 6) is -1.40. The van der Waals surface area contributed by atoms with Gasteiger partial charge in [0.15, 0.2) is 5.69 Å². The predicted octanol–water partition coefficient (Wildman–Crippen LogP) is 3.53. The highest BCUT2D eigenvalue weighted by molar-refractivity contribution is 7.16. The number of fused-ring (bicyclic) bond motifs is 1. The molecule has 0 aliphatic carbocycles. The van der Waals surface area contributed by atoms with Crippen LogP contribution in [0.25, 0.3) is 4.96 Å². The van der Waals surface area contributed by atoms with Gasteiger partial charge in [0.05, 0.1) is 21.5 Å². The van der Waals surface area contributed by atoms with E-state index in [0.29, 0.717) is 11.3 Å². The minimum atomic E-state index is -4.85. The van der Waals surface area contributed by atoms with E-state index in [1.165, 1.54) is 0 Å². The van der Waals surface area contributed by atoms with Gasteiger partial charge in [-0.25, -0.2) is 9.50 Å². The van der Waals surface area contributed by atoms with Crippen LogP contribution in [-0.2, 0) is 28.8 Å². The van der Waals surface area contributed by atoms with E-state index in [1.54, 1.807) is 0 Å². The van der Waals surface area contributed by atoms with Crippen molar-refractivity contribution in [2.24, 2.45) is 5.92 Å². The average Bonchev–Trinajstić information content (AvgIpc) is 3.20. The quantitative estimate of drug-likeness (QED) is 0.515. The molecule has 1 amide bonds. The molecule has 2 aromatic heterocycles. The number of halogens is 6. The van der Waals surface area contributed by atoms with Gasteiger partial charge in [-0.3, -0.25) is 4.79 Å². The Bertz CT molecular complexity index is 930. The van der Waals surface area contributed by atoms with Gasteiger partial charge in [0.1, 0.15) is 5.01 Å². The zero-order valence-electron chi connectivity index (χ0n) is 15.7. The van der Waals surface area contributed by atoms with E-state index in [2.05, 4.69) is 14.8 Å². The molecule has 1 atom stereocenters. The Morgan fingerprint density at radius 1 is 1.41 bits per heavy atom. The van der Waals surface area contributed by atoms with E-state index in [0.717, 1.165) is 16.5 Å². The number of amides is 1. The number of alkyl halides is 6. The number of likely N-dealkylation sites (tertiary alicyclic amines) is 1. The molecular formula is C14H14ClF5N4O2S. The van der Waals surface area contributed by atoms with E-state index in [4.69, 9.17) is 14.3 Å². The van der Waals surface area contributed by atoms with Crippen molar-refractivity contribution in [3.8, 4) is 0 Å². The van der Waals surface area contributed by atoms with E-state index < -0.39 is 54.3 Å². The van der Waals surface area contributed by atoms with Crippen LogP contribution in [0, 0.1) is 5.92 Å². The second-order valence-electron chi connectivity index (χ2n) is 5.98. The Morgan fingerprint density at radius 3 is 2.70 bits per heavy atom. The lowest BCUT2D eigenvalue weighted by Crippen LogP contribution is -2.27. The van der Waals surface area contributed by atoms with E-state index in [9.17, 15) is 26.7 Å². The molecule has 13 heteroatoms. The van der Waals surface area contributed by atoms with Gasteiger partial charge in [-0.05, 0) is 17.5 Å². The number of carbonyl (C=O) groups is 1. The van der Waals surface area contributed by atoms with Gasteiger partial charge in [0, 0.05) is 26.5 Å². The zero-order valence-corrected chi connectivity index (χ0v) is 15.3. The van der Waals surface area contributed by atoms with Crippen LogP contribution in [0.15, 0.2) is 0 Å². The average molecular weight is 435 g/mol. The lowest BCUT2D eigenvalue weighted by Gasteiger charge is -2.18. The van der Waals surface area contributed by atoms with Gasteiger partial charge in [0.2, 0.25) is 10.9 Å². The molecule has 0 spiro atoms. The molecule has 0 bridgehead atoms. The first kappa shape index (κ1) is 17.6. The fraction of sp³-hybridized carbons (Fsp3) is 0.643. The van der Waals surface area contributed by atoms with Gasteiger partial charge in [-0.2, -0.15) is 27.1 Å². The first-order valence-electron chi connectivity index (χ1n) is 8.57. The normalized spacial score (nSPS) is 20.5. The summed E-state index contributed by atoms with van der Waals surface area (Å²) in [5, 5.41) is 0.0528. The standard InChI is InChI=1S/C14H14ClF5N4O2S/c1-26-6-9-22-24-8(11(14(18,19)20)21-12(24)27-9)5-23-4-7(2-10(23)25)3-13(15,16)17/h7H,2-6H2,1H3/t7-/m1/s1/i6D2. The van der Waals surface area contributed by atoms with Gasteiger partial charge >= 0.3 is 11.6 Å². The van der Waals surface area contributed by atoms with Crippen molar-refractivity contribution in [3.05, 3.63) is 16.4 Å². The highest BCUT2D eigenvalue weighted by Crippen LogP contribution is 2.36. The van der Waals surface area contributed by atoms with Crippen LogP contribution in [-0.4, -0.2) is 44.4 Å². The summed E-state index contributed by atoms with van der Waals surface area (Å²) in [5.41, 5.74) is -1.77. The Kier molecular flexibility index (Phi) is 4.64. The minimum Gasteiger partial charge on any atom is -0.377 e. The molecule has 3 heterocycles. The second kappa shape index (κ2) is 7.13. The fourth-order valence-electron chi connectivity index (χ4n) is 2.94. The lowest BCUT2D eigenvalue weighted by atomic mass is 10.1. The van der Waals surface area contributed by atoms with E-state index >= 15 is 0 Å². The molecule has 1 saturated heterocycles. The van der Waals surface area contributed by atoms with Crippen molar-refractivity contribution < 1.29 is 34.2 Å². The Morgan fingerprint density at radius 2 is 2.11 bits per heavy atom. The first-order valence-corrected chi connectivity index (χ1v) is 8.76. The number of carbonyl (C=O) groups excluding carboxylic acids is 1. The Balaban J connectivity index is 1.95. The van der Waals surface area contributed by atoms with Crippen molar-refractivity contribution in [3.63, 3.8) is 0 Å². The molecule has 0 radical (unpaired) electrons. The number of imidazole rings is 1. The predicted molar refractivity (Wildman–Crippen MR) is 85.5 cm³/mol. The molecule has 0 N–H and O–H groups in total. The summed E-state index contributed by atoms with van der Waals surface area (Å²) in [6.07, 6.45) is -5.89. The number of rotatable bonds is 6. The molecule has 1 aliphatic rings. The molecule has 0 saturated carbocycles. The number of ether oxygens (including phenoxy) is 1. The van der Waals surface area contributed by atoms with Gasteiger partial charge in [-0.1, -0.05) is 11.3 Å². The van der Waals surface area contributed by atoms with Crippen molar-refractivity contribution in [1.29, 1.82) is 0 Å². The SMILES string of the molecule is [2H]C([2H])(OC)c1nn2c(CN3C[C@@H](CC(F)(F)Cl)CC3=O)c(C(F)(F)F)nc2s1. The third-order valence-electron chi connectivity index (χ3n) is 3.91. The van der Waals surface area contributed by atoms with Crippen molar-refractivity contribution in [2.45, 2.75) is 37.5 Å².